The van der Waals surface area contributed by atoms with Gasteiger partial charge < -0.3 is 10.3 Å². The number of aromatic nitrogens is 1. The first-order chi connectivity index (χ1) is 7.31. The third kappa shape index (κ3) is 2.41. The van der Waals surface area contributed by atoms with Gasteiger partial charge in [-0.1, -0.05) is 0 Å². The van der Waals surface area contributed by atoms with Crippen molar-refractivity contribution in [3.63, 3.8) is 0 Å². The highest BCUT2D eigenvalue weighted by atomic mass is 15.2. The van der Waals surface area contributed by atoms with Gasteiger partial charge in [0.2, 0.25) is 0 Å². The molecule has 1 atom stereocenters. The number of piperidine rings is 1. The summed E-state index contributed by atoms with van der Waals surface area (Å²) in [7, 11) is 2.06. The van der Waals surface area contributed by atoms with Crippen LogP contribution < -0.4 is 5.32 Å². The van der Waals surface area contributed by atoms with Crippen molar-refractivity contribution in [2.75, 3.05) is 20.1 Å². The van der Waals surface area contributed by atoms with E-state index in [0.29, 0.717) is 6.04 Å². The summed E-state index contributed by atoms with van der Waals surface area (Å²) >= 11 is 0. The van der Waals surface area contributed by atoms with Gasteiger partial charge in [-0.05, 0) is 38.9 Å². The molecule has 0 saturated carbocycles. The average Bonchev–Trinajstić information content (AvgIpc) is 2.82. The molecular formula is C12H21N3. The van der Waals surface area contributed by atoms with E-state index in [0.717, 1.165) is 6.04 Å². The average molecular weight is 207 g/mol. The summed E-state index contributed by atoms with van der Waals surface area (Å²) in [6.07, 6.45) is 4.54. The fraction of sp³-hybridized carbons (Fsp3) is 0.667. The monoisotopic (exact) mass is 207 g/mol. The summed E-state index contributed by atoms with van der Waals surface area (Å²) in [6.45, 7) is 4.68. The molecule has 0 amide bonds. The normalized spacial score (nSPS) is 21.7. The van der Waals surface area contributed by atoms with E-state index in [4.69, 9.17) is 0 Å². The number of likely N-dealkylation sites (tertiary alicyclic amines) is 1. The lowest BCUT2D eigenvalue weighted by molar-refractivity contribution is 0.153. The van der Waals surface area contributed by atoms with Gasteiger partial charge in [0.05, 0.1) is 0 Å². The maximum atomic E-state index is 3.36. The molecule has 3 heteroatoms. The van der Waals surface area contributed by atoms with Crippen molar-refractivity contribution in [3.8, 4) is 0 Å². The Hall–Kier alpha value is -0.800. The molecule has 1 aliphatic rings. The Morgan fingerprint density at radius 3 is 2.73 bits per heavy atom. The van der Waals surface area contributed by atoms with Crippen LogP contribution in [0.3, 0.4) is 0 Å². The molecule has 1 aromatic heterocycles. The molecular weight excluding hydrogens is 186 g/mol. The lowest BCUT2D eigenvalue weighted by atomic mass is 10.0. The second-order valence-corrected chi connectivity index (χ2v) is 4.40. The quantitative estimate of drug-likeness (QED) is 0.791. The van der Waals surface area contributed by atoms with Crippen LogP contribution in [0.25, 0.3) is 0 Å². The molecule has 1 aromatic rings. The summed E-state index contributed by atoms with van der Waals surface area (Å²) in [6, 6.07) is 5.50. The Balaban J connectivity index is 1.90. The Kier molecular flexibility index (Phi) is 3.44. The number of hydrogen-bond acceptors (Lipinski definition) is 2. The summed E-state index contributed by atoms with van der Waals surface area (Å²) in [5.41, 5.74) is 1.33. The maximum absolute atomic E-state index is 3.36. The number of aromatic amines is 1. The Labute approximate surface area is 91.9 Å². The van der Waals surface area contributed by atoms with Crippen LogP contribution in [0.2, 0.25) is 0 Å². The molecule has 0 spiro atoms. The van der Waals surface area contributed by atoms with Crippen molar-refractivity contribution in [1.82, 2.24) is 15.2 Å². The van der Waals surface area contributed by atoms with Crippen molar-refractivity contribution in [3.05, 3.63) is 24.0 Å². The molecule has 1 aliphatic heterocycles. The van der Waals surface area contributed by atoms with E-state index in [1.54, 1.807) is 0 Å². The molecule has 2 heterocycles. The Morgan fingerprint density at radius 2 is 2.20 bits per heavy atom. The zero-order valence-electron chi connectivity index (χ0n) is 9.66. The van der Waals surface area contributed by atoms with Crippen molar-refractivity contribution >= 4 is 0 Å². The van der Waals surface area contributed by atoms with Gasteiger partial charge in [0.25, 0.3) is 0 Å². The van der Waals surface area contributed by atoms with Gasteiger partial charge in [0.1, 0.15) is 0 Å². The summed E-state index contributed by atoms with van der Waals surface area (Å²) in [5, 5.41) is 3.36. The van der Waals surface area contributed by atoms with Gasteiger partial charge in [-0.25, -0.2) is 0 Å². The van der Waals surface area contributed by atoms with Gasteiger partial charge in [0, 0.05) is 37.1 Å². The van der Waals surface area contributed by atoms with Crippen molar-refractivity contribution in [2.24, 2.45) is 0 Å². The van der Waals surface area contributed by atoms with Crippen LogP contribution in [0, 0.1) is 0 Å². The minimum atomic E-state index is 0.526. The van der Waals surface area contributed by atoms with E-state index in [1.165, 1.54) is 31.6 Å². The van der Waals surface area contributed by atoms with Crippen LogP contribution in [0.1, 0.15) is 31.5 Å². The molecule has 0 radical (unpaired) electrons. The molecule has 0 aliphatic carbocycles. The predicted molar refractivity (Wildman–Crippen MR) is 62.9 cm³/mol. The molecule has 84 valence electrons. The molecule has 1 fully saturated rings. The molecule has 2 N–H and O–H groups in total. The van der Waals surface area contributed by atoms with Gasteiger partial charge in [-0.15, -0.1) is 0 Å². The highest BCUT2D eigenvalue weighted by molar-refractivity contribution is 5.08. The van der Waals surface area contributed by atoms with Crippen molar-refractivity contribution < 1.29 is 0 Å². The van der Waals surface area contributed by atoms with Crippen LogP contribution >= 0.6 is 0 Å². The minimum absolute atomic E-state index is 0.526. The lowest BCUT2D eigenvalue weighted by Gasteiger charge is -2.35. The van der Waals surface area contributed by atoms with E-state index >= 15 is 0 Å². The molecule has 3 nitrogen and oxygen atoms in total. The van der Waals surface area contributed by atoms with E-state index in [-0.39, 0.29) is 0 Å². The van der Waals surface area contributed by atoms with Gasteiger partial charge in [0.15, 0.2) is 0 Å². The van der Waals surface area contributed by atoms with E-state index in [9.17, 15) is 0 Å². The van der Waals surface area contributed by atoms with Crippen LogP contribution in [0.4, 0.5) is 0 Å². The standard InChI is InChI=1S/C12H21N3/c1-10(12-4-3-7-14-12)15-8-5-11(13-2)6-9-15/h3-4,7,10-11,13-14H,5-6,8-9H2,1-2H3/t10-/m1/s1. The third-order valence-electron chi connectivity index (χ3n) is 3.56. The molecule has 1 saturated heterocycles. The van der Waals surface area contributed by atoms with Crippen molar-refractivity contribution in [2.45, 2.75) is 31.8 Å². The van der Waals surface area contributed by atoms with Crippen LogP contribution in [0.15, 0.2) is 18.3 Å². The first-order valence-corrected chi connectivity index (χ1v) is 5.86. The fourth-order valence-corrected chi connectivity index (χ4v) is 2.38. The highest BCUT2D eigenvalue weighted by Crippen LogP contribution is 2.22. The number of nitrogens with one attached hydrogen (secondary N) is 2. The molecule has 0 aromatic carbocycles. The summed E-state index contributed by atoms with van der Waals surface area (Å²) < 4.78 is 0. The topological polar surface area (TPSA) is 31.1 Å². The van der Waals surface area contributed by atoms with E-state index in [2.05, 4.69) is 41.3 Å². The number of H-pyrrole nitrogens is 1. The lowest BCUT2D eigenvalue weighted by Crippen LogP contribution is -2.42. The van der Waals surface area contributed by atoms with Gasteiger partial charge in [-0.3, -0.25) is 4.90 Å². The van der Waals surface area contributed by atoms with E-state index < -0.39 is 0 Å². The highest BCUT2D eigenvalue weighted by Gasteiger charge is 2.22. The second kappa shape index (κ2) is 4.81. The van der Waals surface area contributed by atoms with E-state index in [1.807, 2.05) is 6.20 Å². The van der Waals surface area contributed by atoms with Crippen LogP contribution in [0.5, 0.6) is 0 Å². The smallest absolute Gasteiger partial charge is 0.0470 e. The molecule has 0 bridgehead atoms. The van der Waals surface area contributed by atoms with Crippen LogP contribution in [-0.4, -0.2) is 36.1 Å². The molecule has 2 rings (SSSR count). The third-order valence-corrected chi connectivity index (χ3v) is 3.56. The first-order valence-electron chi connectivity index (χ1n) is 5.86. The SMILES string of the molecule is CNC1CCN([C@H](C)c2ccc[nH]2)CC1. The molecule has 15 heavy (non-hydrogen) atoms. The number of hydrogen-bond donors (Lipinski definition) is 2. The summed E-state index contributed by atoms with van der Waals surface area (Å²) in [4.78, 5) is 5.86. The minimum Gasteiger partial charge on any atom is -0.364 e. The second-order valence-electron chi connectivity index (χ2n) is 4.40. The summed E-state index contributed by atoms with van der Waals surface area (Å²) in [5.74, 6) is 0. The Bertz CT molecular complexity index is 273. The van der Waals surface area contributed by atoms with Gasteiger partial charge in [-0.2, -0.15) is 0 Å². The first kappa shape index (κ1) is 10.7. The van der Waals surface area contributed by atoms with Crippen molar-refractivity contribution in [1.29, 1.82) is 0 Å². The maximum Gasteiger partial charge on any atom is 0.0470 e. The predicted octanol–water partition coefficient (Wildman–Crippen LogP) is 1.76. The Morgan fingerprint density at radius 1 is 1.47 bits per heavy atom. The number of nitrogens with zero attached hydrogens (tertiary/aromatic N) is 1. The largest absolute Gasteiger partial charge is 0.364 e. The van der Waals surface area contributed by atoms with Crippen LogP contribution in [-0.2, 0) is 0 Å². The fourth-order valence-electron chi connectivity index (χ4n) is 2.38. The zero-order chi connectivity index (χ0) is 10.7. The number of rotatable bonds is 3. The molecule has 0 unspecified atom stereocenters. The zero-order valence-corrected chi connectivity index (χ0v) is 9.66. The van der Waals surface area contributed by atoms with Gasteiger partial charge >= 0.3 is 0 Å².